The third kappa shape index (κ3) is 1.22. The highest BCUT2D eigenvalue weighted by Crippen LogP contribution is 2.68. The molecule has 0 unspecified atom stereocenters. The fourth-order valence-corrected chi connectivity index (χ4v) is 4.41. The molecular formula is C14H20O3. The molecule has 3 heteroatoms. The van der Waals surface area contributed by atoms with Crippen molar-refractivity contribution in [1.29, 1.82) is 0 Å². The maximum atomic E-state index is 11.9. The summed E-state index contributed by atoms with van der Waals surface area (Å²) in [5, 5.41) is 20.2. The summed E-state index contributed by atoms with van der Waals surface area (Å²) in [5.74, 6) is 0.194. The van der Waals surface area contributed by atoms with Gasteiger partial charge in [-0.2, -0.15) is 0 Å². The van der Waals surface area contributed by atoms with Gasteiger partial charge in [0.25, 0.3) is 0 Å². The van der Waals surface area contributed by atoms with Gasteiger partial charge in [-0.15, -0.1) is 0 Å². The van der Waals surface area contributed by atoms with Crippen LogP contribution in [0.3, 0.4) is 0 Å². The molecule has 0 aliphatic heterocycles. The van der Waals surface area contributed by atoms with Crippen molar-refractivity contribution >= 4 is 5.78 Å². The van der Waals surface area contributed by atoms with Crippen molar-refractivity contribution in [2.75, 3.05) is 0 Å². The summed E-state index contributed by atoms with van der Waals surface area (Å²) in [4.78, 5) is 11.9. The molecule has 2 fully saturated rings. The zero-order valence-electron chi connectivity index (χ0n) is 10.6. The van der Waals surface area contributed by atoms with E-state index in [4.69, 9.17) is 0 Å². The van der Waals surface area contributed by atoms with E-state index in [1.807, 2.05) is 0 Å². The van der Waals surface area contributed by atoms with Crippen molar-refractivity contribution in [3.8, 4) is 0 Å². The number of carbonyl (C=O) groups excluding carboxylic acids is 1. The Morgan fingerprint density at radius 2 is 2.06 bits per heavy atom. The average Bonchev–Trinajstić information content (AvgIpc) is 2.77. The van der Waals surface area contributed by atoms with Gasteiger partial charge in [0, 0.05) is 5.92 Å². The van der Waals surface area contributed by atoms with Crippen LogP contribution in [0.15, 0.2) is 11.6 Å². The number of aliphatic hydroxyl groups excluding tert-OH is 1. The number of carbonyl (C=O) groups is 1. The van der Waals surface area contributed by atoms with Crippen LogP contribution in [0.25, 0.3) is 0 Å². The van der Waals surface area contributed by atoms with E-state index >= 15 is 0 Å². The van der Waals surface area contributed by atoms with Crippen LogP contribution in [0.2, 0.25) is 0 Å². The molecule has 0 radical (unpaired) electrons. The Labute approximate surface area is 102 Å². The van der Waals surface area contributed by atoms with Crippen LogP contribution in [0.4, 0.5) is 0 Å². The maximum absolute atomic E-state index is 11.9. The number of ketones is 1. The first-order valence-corrected chi connectivity index (χ1v) is 6.45. The second kappa shape index (κ2) is 3.01. The molecule has 2 saturated carbocycles. The van der Waals surface area contributed by atoms with E-state index < -0.39 is 5.60 Å². The lowest BCUT2D eigenvalue weighted by atomic mass is 9.59. The Kier molecular flexibility index (Phi) is 2.02. The van der Waals surface area contributed by atoms with E-state index in [1.165, 1.54) is 0 Å². The first kappa shape index (κ1) is 11.4. The summed E-state index contributed by atoms with van der Waals surface area (Å²) in [7, 11) is 0. The zero-order chi connectivity index (χ0) is 12.6. The second-order valence-corrected chi connectivity index (χ2v) is 6.53. The van der Waals surface area contributed by atoms with Gasteiger partial charge in [0.05, 0.1) is 17.6 Å². The molecule has 3 aliphatic carbocycles. The van der Waals surface area contributed by atoms with Crippen LogP contribution in [-0.2, 0) is 4.79 Å². The smallest absolute Gasteiger partial charge is 0.162 e. The van der Waals surface area contributed by atoms with Crippen molar-refractivity contribution in [2.45, 2.75) is 45.3 Å². The second-order valence-electron chi connectivity index (χ2n) is 6.53. The first-order valence-electron chi connectivity index (χ1n) is 6.45. The van der Waals surface area contributed by atoms with E-state index in [9.17, 15) is 15.0 Å². The molecule has 17 heavy (non-hydrogen) atoms. The third-order valence-electron chi connectivity index (χ3n) is 5.55. The van der Waals surface area contributed by atoms with Gasteiger partial charge >= 0.3 is 0 Å². The largest absolute Gasteiger partial charge is 0.393 e. The van der Waals surface area contributed by atoms with Crippen LogP contribution in [0, 0.1) is 23.2 Å². The number of fused-ring (bicyclic) bond motifs is 3. The molecule has 0 aromatic carbocycles. The predicted molar refractivity (Wildman–Crippen MR) is 63.2 cm³/mol. The number of hydrogen-bond donors (Lipinski definition) is 2. The first-order chi connectivity index (χ1) is 7.79. The fourth-order valence-electron chi connectivity index (χ4n) is 4.41. The minimum Gasteiger partial charge on any atom is -0.393 e. The lowest BCUT2D eigenvalue weighted by Crippen LogP contribution is -2.42. The summed E-state index contributed by atoms with van der Waals surface area (Å²) in [5.41, 5.74) is 0.0925. The Hall–Kier alpha value is -0.670. The summed E-state index contributed by atoms with van der Waals surface area (Å²) in [6.07, 6.45) is 2.71. The van der Waals surface area contributed by atoms with Gasteiger partial charge in [0.15, 0.2) is 5.78 Å². The molecule has 2 N–H and O–H groups in total. The number of allylic oxidation sites excluding steroid dienone is 1. The molecule has 0 heterocycles. The topological polar surface area (TPSA) is 57.5 Å². The summed E-state index contributed by atoms with van der Waals surface area (Å²) >= 11 is 0. The van der Waals surface area contributed by atoms with Gasteiger partial charge in [0.1, 0.15) is 0 Å². The molecule has 0 aromatic rings. The lowest BCUT2D eigenvalue weighted by Gasteiger charge is -2.46. The van der Waals surface area contributed by atoms with E-state index in [2.05, 4.69) is 13.8 Å². The molecule has 0 saturated heterocycles. The van der Waals surface area contributed by atoms with Crippen LogP contribution in [0.1, 0.15) is 33.6 Å². The monoisotopic (exact) mass is 236 g/mol. The minimum atomic E-state index is -0.847. The van der Waals surface area contributed by atoms with Gasteiger partial charge in [-0.3, -0.25) is 4.79 Å². The van der Waals surface area contributed by atoms with Crippen molar-refractivity contribution in [3.63, 3.8) is 0 Å². The highest BCUT2D eigenvalue weighted by Gasteiger charge is 2.73. The quantitative estimate of drug-likeness (QED) is 0.666. The number of aliphatic hydroxyl groups is 2. The molecule has 0 amide bonds. The number of rotatable bonds is 0. The number of hydrogen-bond acceptors (Lipinski definition) is 3. The molecule has 94 valence electrons. The fraction of sp³-hybridized carbons (Fsp3) is 0.786. The molecule has 3 nitrogen and oxygen atoms in total. The zero-order valence-corrected chi connectivity index (χ0v) is 10.6. The Morgan fingerprint density at radius 1 is 1.41 bits per heavy atom. The molecule has 0 bridgehead atoms. The van der Waals surface area contributed by atoms with Crippen molar-refractivity contribution < 1.29 is 15.0 Å². The minimum absolute atomic E-state index is 0.0463. The van der Waals surface area contributed by atoms with Gasteiger partial charge < -0.3 is 10.2 Å². The Balaban J connectivity index is 2.08. The standard InChI is InChI=1S/C14H20O3/c1-7-4-9(15)5-8-6-10(16)11-12(13(7,8)2)14(11,3)17/h6-7,9,11-12,15,17H,4-5H2,1-3H3/t7-,9-,11-,12-,13+,14+/m0/s1. The van der Waals surface area contributed by atoms with Crippen LogP contribution < -0.4 is 0 Å². The Morgan fingerprint density at radius 3 is 2.71 bits per heavy atom. The maximum Gasteiger partial charge on any atom is 0.162 e. The van der Waals surface area contributed by atoms with Gasteiger partial charge in [-0.25, -0.2) is 0 Å². The molecule has 3 aliphatic rings. The molecular weight excluding hydrogens is 216 g/mol. The summed E-state index contributed by atoms with van der Waals surface area (Å²) in [6, 6.07) is 0. The van der Waals surface area contributed by atoms with E-state index in [-0.39, 0.29) is 29.1 Å². The summed E-state index contributed by atoms with van der Waals surface area (Å²) < 4.78 is 0. The van der Waals surface area contributed by atoms with E-state index in [0.717, 1.165) is 12.0 Å². The van der Waals surface area contributed by atoms with Gasteiger partial charge in [-0.05, 0) is 37.2 Å². The van der Waals surface area contributed by atoms with Crippen molar-refractivity contribution in [2.24, 2.45) is 23.2 Å². The molecule has 6 atom stereocenters. The van der Waals surface area contributed by atoms with E-state index in [0.29, 0.717) is 12.3 Å². The highest BCUT2D eigenvalue weighted by molar-refractivity contribution is 5.98. The highest BCUT2D eigenvalue weighted by atomic mass is 16.3. The van der Waals surface area contributed by atoms with E-state index in [1.54, 1.807) is 13.0 Å². The van der Waals surface area contributed by atoms with Crippen LogP contribution in [0.5, 0.6) is 0 Å². The van der Waals surface area contributed by atoms with Crippen molar-refractivity contribution in [1.82, 2.24) is 0 Å². The van der Waals surface area contributed by atoms with Gasteiger partial charge in [-0.1, -0.05) is 19.4 Å². The third-order valence-corrected chi connectivity index (χ3v) is 5.55. The van der Waals surface area contributed by atoms with Crippen molar-refractivity contribution in [3.05, 3.63) is 11.6 Å². The average molecular weight is 236 g/mol. The lowest BCUT2D eigenvalue weighted by molar-refractivity contribution is -0.118. The molecule has 3 rings (SSSR count). The van der Waals surface area contributed by atoms with Crippen LogP contribution >= 0.6 is 0 Å². The summed E-state index contributed by atoms with van der Waals surface area (Å²) in [6.45, 7) is 6.05. The SMILES string of the molecule is C[C@H]1C[C@H](O)CC2=CC(=O)[C@H]3[C@H]([C@]3(C)O)[C@@]21C. The van der Waals surface area contributed by atoms with Crippen LogP contribution in [-0.4, -0.2) is 27.7 Å². The molecule has 0 spiro atoms. The Bertz CT molecular complexity index is 423. The normalized spacial score (nSPS) is 57.0. The predicted octanol–water partition coefficient (Wildman–Crippen LogP) is 1.29. The molecule has 0 aromatic heterocycles. The van der Waals surface area contributed by atoms with Gasteiger partial charge in [0.2, 0.25) is 0 Å².